The molecule has 0 bridgehead atoms. The van der Waals surface area contributed by atoms with Gasteiger partial charge in [-0.25, -0.2) is 4.99 Å². The summed E-state index contributed by atoms with van der Waals surface area (Å²) in [7, 11) is 0. The first-order valence-corrected chi connectivity index (χ1v) is 10.8. The van der Waals surface area contributed by atoms with Gasteiger partial charge in [0.1, 0.15) is 5.58 Å². The third-order valence-electron chi connectivity index (χ3n) is 6.26. The van der Waals surface area contributed by atoms with Crippen LogP contribution < -0.4 is 0 Å². The fourth-order valence-corrected chi connectivity index (χ4v) is 4.82. The molecule has 0 N–H and O–H groups in total. The molecule has 1 aromatic heterocycles. The molecule has 0 aliphatic rings. The molecule has 0 radical (unpaired) electrons. The van der Waals surface area contributed by atoms with E-state index in [4.69, 9.17) is 4.42 Å². The van der Waals surface area contributed by atoms with Crippen molar-refractivity contribution < 1.29 is 4.42 Å². The molecule has 6 rings (SSSR count). The van der Waals surface area contributed by atoms with Crippen molar-refractivity contribution >= 4 is 62.0 Å². The van der Waals surface area contributed by atoms with Crippen LogP contribution in [0.4, 0.5) is 5.88 Å². The van der Waals surface area contributed by atoms with Gasteiger partial charge in [-0.15, -0.1) is 0 Å². The molecular weight excluding hydrogens is 390 g/mol. The van der Waals surface area contributed by atoms with Crippen molar-refractivity contribution in [2.24, 2.45) is 4.99 Å². The van der Waals surface area contributed by atoms with E-state index in [-0.39, 0.29) is 0 Å². The van der Waals surface area contributed by atoms with Gasteiger partial charge in [0.25, 0.3) is 0 Å². The zero-order chi connectivity index (χ0) is 21.7. The van der Waals surface area contributed by atoms with Crippen LogP contribution in [0.1, 0.15) is 12.5 Å². The van der Waals surface area contributed by atoms with Gasteiger partial charge in [-0.2, -0.15) is 0 Å². The summed E-state index contributed by atoms with van der Waals surface area (Å²) in [6.45, 7) is 5.65. The maximum atomic E-state index is 5.89. The Balaban J connectivity index is 1.65. The Morgan fingerprint density at radius 2 is 1.19 bits per heavy atom. The van der Waals surface area contributed by atoms with Gasteiger partial charge in [-0.05, 0) is 75.3 Å². The van der Waals surface area contributed by atoms with Gasteiger partial charge in [0.15, 0.2) is 0 Å². The molecule has 6 aromatic rings. The van der Waals surface area contributed by atoms with Crippen LogP contribution in [0.15, 0.2) is 100 Å². The topological polar surface area (TPSA) is 25.5 Å². The first-order valence-electron chi connectivity index (χ1n) is 10.8. The molecule has 0 saturated heterocycles. The molecular formula is C30H21NO. The van der Waals surface area contributed by atoms with Gasteiger partial charge in [0, 0.05) is 10.9 Å². The summed E-state index contributed by atoms with van der Waals surface area (Å²) in [4.78, 5) is 4.06. The second-order valence-electron chi connectivity index (χ2n) is 8.04. The van der Waals surface area contributed by atoms with Crippen molar-refractivity contribution in [1.82, 2.24) is 0 Å². The van der Waals surface area contributed by atoms with Gasteiger partial charge in [0.2, 0.25) is 5.88 Å². The Morgan fingerprint density at radius 1 is 0.656 bits per heavy atom. The number of fused-ring (bicyclic) bond motifs is 7. The summed E-state index contributed by atoms with van der Waals surface area (Å²) in [6.07, 6.45) is 4.03. The fraction of sp³-hybridized carbons (Fsp3) is 0.0333. The molecule has 0 saturated carbocycles. The number of furan rings is 1. The van der Waals surface area contributed by atoms with Crippen LogP contribution in [0, 0.1) is 0 Å². The Labute approximate surface area is 186 Å². The average molecular weight is 412 g/mol. The zero-order valence-corrected chi connectivity index (χ0v) is 17.8. The van der Waals surface area contributed by atoms with Gasteiger partial charge >= 0.3 is 0 Å². The molecule has 1 heterocycles. The van der Waals surface area contributed by atoms with Crippen LogP contribution in [0.5, 0.6) is 0 Å². The molecule has 0 unspecified atom stereocenters. The van der Waals surface area contributed by atoms with Crippen molar-refractivity contribution in [1.29, 1.82) is 0 Å². The second kappa shape index (κ2) is 7.21. The van der Waals surface area contributed by atoms with E-state index in [9.17, 15) is 0 Å². The molecule has 0 amide bonds. The summed E-state index contributed by atoms with van der Waals surface area (Å²) < 4.78 is 5.89. The lowest BCUT2D eigenvalue weighted by Gasteiger charge is -2.12. The number of hydrogen-bond acceptors (Lipinski definition) is 2. The minimum Gasteiger partial charge on any atom is -0.438 e. The number of allylic oxidation sites excluding steroid dienone is 1. The molecule has 0 atom stereocenters. The lowest BCUT2D eigenvalue weighted by atomic mass is 9.92. The largest absolute Gasteiger partial charge is 0.438 e. The summed E-state index contributed by atoms with van der Waals surface area (Å²) >= 11 is 0. The second-order valence-corrected chi connectivity index (χ2v) is 8.04. The number of aliphatic imine (C=N–C) groups is 1. The SMILES string of the molecule is C=Nc1oc2ccc(-c3ccc4c5ccccc5c5ccccc5c4c3)cc2c1C=CC. The fourth-order valence-electron chi connectivity index (χ4n) is 4.82. The summed E-state index contributed by atoms with van der Waals surface area (Å²) in [5.41, 5.74) is 4.12. The third kappa shape index (κ3) is 2.70. The van der Waals surface area contributed by atoms with Gasteiger partial charge in [0.05, 0.1) is 0 Å². The van der Waals surface area contributed by atoms with Gasteiger partial charge in [-0.1, -0.05) is 78.9 Å². The van der Waals surface area contributed by atoms with Crippen molar-refractivity contribution in [3.05, 3.63) is 96.6 Å². The minimum absolute atomic E-state index is 0.561. The van der Waals surface area contributed by atoms with Crippen LogP contribution in [0.3, 0.4) is 0 Å². The van der Waals surface area contributed by atoms with E-state index in [1.807, 2.05) is 25.1 Å². The van der Waals surface area contributed by atoms with Crippen LogP contribution in [0.2, 0.25) is 0 Å². The molecule has 152 valence electrons. The van der Waals surface area contributed by atoms with Gasteiger partial charge < -0.3 is 4.42 Å². The van der Waals surface area contributed by atoms with E-state index < -0.39 is 0 Å². The highest BCUT2D eigenvalue weighted by Gasteiger charge is 2.13. The Morgan fingerprint density at radius 3 is 1.78 bits per heavy atom. The first kappa shape index (κ1) is 18.6. The van der Waals surface area contributed by atoms with E-state index in [0.717, 1.165) is 22.1 Å². The van der Waals surface area contributed by atoms with Crippen LogP contribution in [-0.2, 0) is 0 Å². The molecule has 0 aliphatic heterocycles. The summed E-state index contributed by atoms with van der Waals surface area (Å²) in [6, 6.07) is 30.4. The molecule has 0 fully saturated rings. The number of rotatable bonds is 3. The van der Waals surface area contributed by atoms with Crippen molar-refractivity contribution in [3.8, 4) is 11.1 Å². The standard InChI is InChI=1S/C30H21NO/c1-3-8-26-28-18-20(14-16-29(28)32-30(26)31-2)19-13-15-25-23-11-5-4-9-21(23)22-10-6-7-12-24(22)27(25)17-19/h3-18H,2H2,1H3. The Hall–Kier alpha value is -4.17. The van der Waals surface area contributed by atoms with Crippen LogP contribution in [0.25, 0.3) is 60.5 Å². The average Bonchev–Trinajstić information content (AvgIpc) is 3.21. The van der Waals surface area contributed by atoms with Gasteiger partial charge in [-0.3, -0.25) is 0 Å². The van der Waals surface area contributed by atoms with E-state index in [1.165, 1.54) is 37.9 Å². The van der Waals surface area contributed by atoms with Crippen molar-refractivity contribution in [2.75, 3.05) is 0 Å². The van der Waals surface area contributed by atoms with E-state index in [2.05, 4.69) is 90.6 Å². The smallest absolute Gasteiger partial charge is 0.226 e. The molecule has 32 heavy (non-hydrogen) atoms. The van der Waals surface area contributed by atoms with Crippen molar-refractivity contribution in [3.63, 3.8) is 0 Å². The molecule has 0 aliphatic carbocycles. The predicted octanol–water partition coefficient (Wildman–Crippen LogP) is 8.92. The predicted molar refractivity (Wildman–Crippen MR) is 138 cm³/mol. The summed E-state index contributed by atoms with van der Waals surface area (Å²) in [5, 5.41) is 8.74. The maximum absolute atomic E-state index is 5.89. The monoisotopic (exact) mass is 411 g/mol. The lowest BCUT2D eigenvalue weighted by Crippen LogP contribution is -1.85. The lowest BCUT2D eigenvalue weighted by molar-refractivity contribution is 0.626. The number of nitrogens with zero attached hydrogens (tertiary/aromatic N) is 1. The number of benzene rings is 5. The van der Waals surface area contributed by atoms with Crippen LogP contribution in [-0.4, -0.2) is 6.72 Å². The van der Waals surface area contributed by atoms with Crippen LogP contribution >= 0.6 is 0 Å². The maximum Gasteiger partial charge on any atom is 0.226 e. The summed E-state index contributed by atoms with van der Waals surface area (Å²) in [5.74, 6) is 0.561. The van der Waals surface area contributed by atoms with E-state index in [1.54, 1.807) is 0 Å². The molecule has 5 aromatic carbocycles. The zero-order valence-electron chi connectivity index (χ0n) is 17.8. The van der Waals surface area contributed by atoms with E-state index in [0.29, 0.717) is 5.88 Å². The highest BCUT2D eigenvalue weighted by molar-refractivity contribution is 6.25. The minimum atomic E-state index is 0.561. The molecule has 2 nitrogen and oxygen atoms in total. The highest BCUT2D eigenvalue weighted by Crippen LogP contribution is 2.39. The Kier molecular flexibility index (Phi) is 4.19. The quantitative estimate of drug-likeness (QED) is 0.211. The molecule has 2 heteroatoms. The third-order valence-corrected chi connectivity index (χ3v) is 6.26. The number of hydrogen-bond donors (Lipinski definition) is 0. The van der Waals surface area contributed by atoms with E-state index >= 15 is 0 Å². The van der Waals surface area contributed by atoms with Crippen molar-refractivity contribution in [2.45, 2.75) is 6.92 Å². The first-order chi connectivity index (χ1) is 15.8. The Bertz CT molecular complexity index is 1670. The highest BCUT2D eigenvalue weighted by atomic mass is 16.3. The molecule has 0 spiro atoms. The normalized spacial score (nSPS) is 11.9.